The number of hydrogen-bond acceptors (Lipinski definition) is 2. The summed E-state index contributed by atoms with van der Waals surface area (Å²) in [5.74, 6) is 1.66. The van der Waals surface area contributed by atoms with Crippen LogP contribution in [0.3, 0.4) is 0 Å². The van der Waals surface area contributed by atoms with Crippen molar-refractivity contribution < 1.29 is 9.47 Å². The first-order valence-corrected chi connectivity index (χ1v) is 5.69. The number of unbranched alkanes of at least 4 members (excludes halogenated alkanes) is 2. The van der Waals surface area contributed by atoms with Gasteiger partial charge in [-0.3, -0.25) is 0 Å². The van der Waals surface area contributed by atoms with Crippen LogP contribution >= 0.6 is 0 Å². The number of ether oxygens (including phenoxy) is 2. The Hall–Kier alpha value is -1.44. The third-order valence-electron chi connectivity index (χ3n) is 2.41. The van der Waals surface area contributed by atoms with Crippen LogP contribution in [0, 0.1) is 0 Å². The second kappa shape index (κ2) is 6.94. The lowest BCUT2D eigenvalue weighted by Gasteiger charge is -2.05. The van der Waals surface area contributed by atoms with Crippen molar-refractivity contribution in [1.82, 2.24) is 0 Å². The normalized spacial score (nSPS) is 10.7. The van der Waals surface area contributed by atoms with E-state index in [9.17, 15) is 0 Å². The molecule has 0 saturated carbocycles. The summed E-state index contributed by atoms with van der Waals surface area (Å²) in [6, 6.07) is 5.89. The van der Waals surface area contributed by atoms with Crippen molar-refractivity contribution in [1.29, 1.82) is 0 Å². The van der Waals surface area contributed by atoms with Crippen molar-refractivity contribution in [2.75, 3.05) is 14.2 Å². The van der Waals surface area contributed by atoms with Gasteiger partial charge in [0.15, 0.2) is 0 Å². The summed E-state index contributed by atoms with van der Waals surface area (Å²) in [4.78, 5) is 0. The summed E-state index contributed by atoms with van der Waals surface area (Å²) >= 11 is 0. The first-order chi connectivity index (χ1) is 7.80. The molecular weight excluding hydrogens is 200 g/mol. The van der Waals surface area contributed by atoms with Gasteiger partial charge < -0.3 is 9.47 Å². The number of allylic oxidation sites excluding steroid dienone is 1. The van der Waals surface area contributed by atoms with Crippen molar-refractivity contribution in [3.05, 3.63) is 29.8 Å². The molecule has 16 heavy (non-hydrogen) atoms. The summed E-state index contributed by atoms with van der Waals surface area (Å²) < 4.78 is 10.4. The van der Waals surface area contributed by atoms with E-state index in [1.807, 2.05) is 18.2 Å². The van der Waals surface area contributed by atoms with E-state index in [1.54, 1.807) is 14.2 Å². The maximum Gasteiger partial charge on any atom is 0.123 e. The predicted octanol–water partition coefficient (Wildman–Crippen LogP) is 3.91. The van der Waals surface area contributed by atoms with E-state index in [2.05, 4.69) is 19.1 Å². The van der Waals surface area contributed by atoms with Gasteiger partial charge in [0, 0.05) is 6.07 Å². The minimum absolute atomic E-state index is 0.828. The molecular formula is C14H20O2. The lowest BCUT2D eigenvalue weighted by atomic mass is 10.1. The van der Waals surface area contributed by atoms with Crippen LogP contribution in [0.1, 0.15) is 31.7 Å². The van der Waals surface area contributed by atoms with Crippen LogP contribution < -0.4 is 9.47 Å². The average molecular weight is 220 g/mol. The predicted molar refractivity (Wildman–Crippen MR) is 68.1 cm³/mol. The van der Waals surface area contributed by atoms with Gasteiger partial charge in [-0.1, -0.05) is 31.9 Å². The van der Waals surface area contributed by atoms with Crippen molar-refractivity contribution >= 4 is 6.08 Å². The Balaban J connectivity index is 2.74. The molecule has 0 N–H and O–H groups in total. The highest BCUT2D eigenvalue weighted by atomic mass is 16.5. The Labute approximate surface area is 97.9 Å². The van der Waals surface area contributed by atoms with Crippen molar-refractivity contribution in [2.24, 2.45) is 0 Å². The minimum atomic E-state index is 0.828. The first-order valence-electron chi connectivity index (χ1n) is 5.69. The molecule has 0 aliphatic heterocycles. The van der Waals surface area contributed by atoms with Crippen LogP contribution in [0.5, 0.6) is 11.5 Å². The van der Waals surface area contributed by atoms with Crippen LogP contribution in [0.4, 0.5) is 0 Å². The maximum atomic E-state index is 5.21. The van der Waals surface area contributed by atoms with Crippen LogP contribution in [0.25, 0.3) is 6.08 Å². The fourth-order valence-electron chi connectivity index (χ4n) is 1.47. The minimum Gasteiger partial charge on any atom is -0.497 e. The number of benzene rings is 1. The third kappa shape index (κ3) is 3.97. The van der Waals surface area contributed by atoms with Crippen LogP contribution in [0.2, 0.25) is 0 Å². The number of hydrogen-bond donors (Lipinski definition) is 0. The molecule has 1 aromatic carbocycles. The zero-order valence-corrected chi connectivity index (χ0v) is 10.3. The van der Waals surface area contributed by atoms with Gasteiger partial charge in [-0.15, -0.1) is 0 Å². The Bertz CT molecular complexity index is 320. The molecule has 0 saturated heterocycles. The topological polar surface area (TPSA) is 18.5 Å². The van der Waals surface area contributed by atoms with E-state index >= 15 is 0 Å². The third-order valence-corrected chi connectivity index (χ3v) is 2.41. The summed E-state index contributed by atoms with van der Waals surface area (Å²) in [6.45, 7) is 2.20. The molecule has 0 heterocycles. The summed E-state index contributed by atoms with van der Waals surface area (Å²) in [5.41, 5.74) is 1.12. The van der Waals surface area contributed by atoms with Crippen molar-refractivity contribution in [3.63, 3.8) is 0 Å². The number of rotatable bonds is 6. The Kier molecular flexibility index (Phi) is 5.48. The molecule has 1 rings (SSSR count). The zero-order chi connectivity index (χ0) is 11.8. The molecule has 0 aliphatic carbocycles. The fraction of sp³-hybridized carbons (Fsp3) is 0.429. The molecule has 1 aromatic rings. The van der Waals surface area contributed by atoms with Gasteiger partial charge in [0.05, 0.1) is 14.2 Å². The maximum absolute atomic E-state index is 5.21. The van der Waals surface area contributed by atoms with Crippen LogP contribution in [-0.4, -0.2) is 14.2 Å². The highest BCUT2D eigenvalue weighted by Crippen LogP contribution is 2.23. The smallest absolute Gasteiger partial charge is 0.123 e. The molecule has 0 spiro atoms. The van der Waals surface area contributed by atoms with E-state index in [4.69, 9.17) is 9.47 Å². The highest BCUT2D eigenvalue weighted by molar-refractivity contribution is 5.55. The van der Waals surface area contributed by atoms with E-state index in [0.717, 1.165) is 23.5 Å². The lowest BCUT2D eigenvalue weighted by molar-refractivity contribution is 0.394. The standard InChI is InChI=1S/C14H20O2/c1-4-5-6-7-8-12-9-13(15-2)11-14(10-12)16-3/h7-11H,4-6H2,1-3H3/b8-7-. The van der Waals surface area contributed by atoms with Gasteiger partial charge >= 0.3 is 0 Å². The monoisotopic (exact) mass is 220 g/mol. The van der Waals surface area contributed by atoms with Crippen LogP contribution in [-0.2, 0) is 0 Å². The summed E-state index contributed by atoms with van der Waals surface area (Å²) in [7, 11) is 3.33. The van der Waals surface area contributed by atoms with E-state index in [1.165, 1.54) is 12.8 Å². The van der Waals surface area contributed by atoms with E-state index in [-0.39, 0.29) is 0 Å². The molecule has 0 aliphatic rings. The van der Waals surface area contributed by atoms with Crippen molar-refractivity contribution in [2.45, 2.75) is 26.2 Å². The molecule has 2 heteroatoms. The summed E-state index contributed by atoms with van der Waals surface area (Å²) in [5, 5.41) is 0. The van der Waals surface area contributed by atoms with Gasteiger partial charge in [0.25, 0.3) is 0 Å². The lowest BCUT2D eigenvalue weighted by Crippen LogP contribution is -1.88. The van der Waals surface area contributed by atoms with Gasteiger partial charge in [-0.2, -0.15) is 0 Å². The molecule has 0 amide bonds. The SMILES string of the molecule is CCCC/C=C\c1cc(OC)cc(OC)c1. The zero-order valence-electron chi connectivity index (χ0n) is 10.3. The summed E-state index contributed by atoms with van der Waals surface area (Å²) in [6.07, 6.45) is 7.89. The second-order valence-electron chi connectivity index (χ2n) is 3.69. The van der Waals surface area contributed by atoms with Gasteiger partial charge in [0.1, 0.15) is 11.5 Å². The highest BCUT2D eigenvalue weighted by Gasteiger charge is 1.98. The van der Waals surface area contributed by atoms with Gasteiger partial charge in [-0.25, -0.2) is 0 Å². The number of methoxy groups -OCH3 is 2. The molecule has 0 atom stereocenters. The largest absolute Gasteiger partial charge is 0.497 e. The molecule has 0 radical (unpaired) electrons. The van der Waals surface area contributed by atoms with Crippen molar-refractivity contribution in [3.8, 4) is 11.5 Å². The van der Waals surface area contributed by atoms with E-state index < -0.39 is 0 Å². The Morgan fingerprint density at radius 2 is 1.69 bits per heavy atom. The average Bonchev–Trinajstić information content (AvgIpc) is 2.34. The molecule has 88 valence electrons. The Morgan fingerprint density at radius 1 is 1.06 bits per heavy atom. The molecule has 2 nitrogen and oxygen atoms in total. The van der Waals surface area contributed by atoms with E-state index in [0.29, 0.717) is 0 Å². The first kappa shape index (κ1) is 12.6. The molecule has 0 bridgehead atoms. The van der Waals surface area contributed by atoms with Gasteiger partial charge in [-0.05, 0) is 24.1 Å². The quantitative estimate of drug-likeness (QED) is 0.677. The second-order valence-corrected chi connectivity index (χ2v) is 3.69. The fourth-order valence-corrected chi connectivity index (χ4v) is 1.47. The molecule has 0 aromatic heterocycles. The van der Waals surface area contributed by atoms with Crippen LogP contribution in [0.15, 0.2) is 24.3 Å². The van der Waals surface area contributed by atoms with Gasteiger partial charge in [0.2, 0.25) is 0 Å². The molecule has 0 unspecified atom stereocenters. The molecule has 0 fully saturated rings. The Morgan fingerprint density at radius 3 is 2.19 bits per heavy atom.